The number of rotatable bonds is 5. The molecule has 2 heterocycles. The van der Waals surface area contributed by atoms with Gasteiger partial charge in [-0.1, -0.05) is 0 Å². The Bertz CT molecular complexity index is 694. The fraction of sp³-hybridized carbons (Fsp3) is 0.500. The molecule has 2 aromatic rings. The van der Waals surface area contributed by atoms with Gasteiger partial charge in [0.2, 0.25) is 0 Å². The molecule has 0 aliphatic heterocycles. The van der Waals surface area contributed by atoms with E-state index in [0.29, 0.717) is 0 Å². The van der Waals surface area contributed by atoms with Gasteiger partial charge in [0.05, 0.1) is 6.61 Å². The number of nitrogens with one attached hydrogen (secondary N) is 1. The lowest BCUT2D eigenvalue weighted by atomic mass is 10.4. The van der Waals surface area contributed by atoms with Crippen LogP contribution in [0.1, 0.15) is 11.4 Å². The number of aryl methyl sites for hydroxylation is 2. The molecule has 9 heteroatoms. The maximum atomic E-state index is 11.9. The highest BCUT2D eigenvalue weighted by molar-refractivity contribution is 7.89. The van der Waals surface area contributed by atoms with Crippen LogP contribution >= 0.6 is 0 Å². The van der Waals surface area contributed by atoms with E-state index in [4.69, 9.17) is 4.74 Å². The van der Waals surface area contributed by atoms with E-state index in [1.165, 1.54) is 11.6 Å². The molecule has 0 amide bonds. The molecule has 0 bridgehead atoms. The predicted octanol–water partition coefficient (Wildman–Crippen LogP) is -0.334. The summed E-state index contributed by atoms with van der Waals surface area (Å²) in [4.78, 5) is 8.07. The van der Waals surface area contributed by atoms with E-state index in [9.17, 15) is 8.42 Å². The van der Waals surface area contributed by atoms with E-state index < -0.39 is 10.0 Å². The topological polar surface area (TPSA) is 98.5 Å². The molecule has 0 fully saturated rings. The third kappa shape index (κ3) is 2.88. The van der Waals surface area contributed by atoms with Gasteiger partial charge in [-0.2, -0.15) is 4.98 Å². The van der Waals surface area contributed by atoms with Crippen LogP contribution in [0.2, 0.25) is 0 Å². The monoisotopic (exact) mass is 285 g/mol. The van der Waals surface area contributed by atoms with Crippen LogP contribution in [0.4, 0.5) is 0 Å². The minimum atomic E-state index is -3.74. The second-order valence-corrected chi connectivity index (χ2v) is 5.70. The number of hydrogen-bond acceptors (Lipinski definition) is 6. The summed E-state index contributed by atoms with van der Waals surface area (Å²) in [6.45, 7) is 4.07. The van der Waals surface area contributed by atoms with Crippen molar-refractivity contribution in [2.75, 3.05) is 20.3 Å². The van der Waals surface area contributed by atoms with Gasteiger partial charge in [-0.3, -0.25) is 0 Å². The Morgan fingerprint density at radius 3 is 2.79 bits per heavy atom. The number of nitrogens with zero attached hydrogens (tertiary/aromatic N) is 4. The van der Waals surface area contributed by atoms with Gasteiger partial charge in [0.1, 0.15) is 0 Å². The average molecular weight is 285 g/mol. The molecule has 19 heavy (non-hydrogen) atoms. The highest BCUT2D eigenvalue weighted by Crippen LogP contribution is 2.08. The number of methoxy groups -OCH3 is 1. The quantitative estimate of drug-likeness (QED) is 0.755. The van der Waals surface area contributed by atoms with Crippen LogP contribution in [0.25, 0.3) is 5.78 Å². The summed E-state index contributed by atoms with van der Waals surface area (Å²) in [5.41, 5.74) is 1.53. The number of fused-ring (bicyclic) bond motifs is 1. The number of sulfonamides is 1. The molecular formula is C10H15N5O3S. The number of hydrogen-bond donors (Lipinski definition) is 1. The lowest BCUT2D eigenvalue weighted by molar-refractivity contribution is 0.204. The van der Waals surface area contributed by atoms with Gasteiger partial charge < -0.3 is 4.74 Å². The van der Waals surface area contributed by atoms with Gasteiger partial charge in [0.15, 0.2) is 0 Å². The Morgan fingerprint density at radius 1 is 1.37 bits per heavy atom. The zero-order chi connectivity index (χ0) is 14.0. The van der Waals surface area contributed by atoms with Crippen molar-refractivity contribution < 1.29 is 13.2 Å². The Kier molecular flexibility index (Phi) is 3.78. The van der Waals surface area contributed by atoms with Crippen LogP contribution in [0.3, 0.4) is 0 Å². The minimum Gasteiger partial charge on any atom is -0.383 e. The Hall–Kier alpha value is -1.58. The summed E-state index contributed by atoms with van der Waals surface area (Å²) >= 11 is 0. The van der Waals surface area contributed by atoms with Gasteiger partial charge in [-0.15, -0.1) is 5.10 Å². The molecule has 2 aromatic heterocycles. The van der Waals surface area contributed by atoms with Crippen molar-refractivity contribution in [1.29, 1.82) is 0 Å². The van der Waals surface area contributed by atoms with Crippen LogP contribution in [0, 0.1) is 13.8 Å². The first-order chi connectivity index (χ1) is 8.94. The summed E-state index contributed by atoms with van der Waals surface area (Å²) in [5, 5.41) is 3.67. The SMILES string of the molecule is COCCNS(=O)(=O)c1nc2nc(C)cc(C)n2n1. The maximum Gasteiger partial charge on any atom is 0.284 e. The largest absolute Gasteiger partial charge is 0.383 e. The Labute approximate surface area is 110 Å². The molecule has 0 atom stereocenters. The van der Waals surface area contributed by atoms with Crippen LogP contribution < -0.4 is 4.72 Å². The standard InChI is InChI=1S/C10H15N5O3S/c1-7-6-8(2)15-9(12-7)13-10(14-15)19(16,17)11-4-5-18-3/h6,11H,4-5H2,1-3H3. The second-order valence-electron chi connectivity index (χ2n) is 4.04. The highest BCUT2D eigenvalue weighted by Gasteiger charge is 2.21. The fourth-order valence-corrected chi connectivity index (χ4v) is 2.48. The molecule has 0 spiro atoms. The molecule has 104 valence electrons. The first kappa shape index (κ1) is 13.8. The lowest BCUT2D eigenvalue weighted by Crippen LogP contribution is -2.28. The molecule has 0 aliphatic carbocycles. The van der Waals surface area contributed by atoms with Crippen molar-refractivity contribution in [2.45, 2.75) is 19.0 Å². The minimum absolute atomic E-state index is 0.166. The van der Waals surface area contributed by atoms with Gasteiger partial charge in [-0.05, 0) is 19.9 Å². The fourth-order valence-electron chi connectivity index (χ4n) is 1.60. The Morgan fingerprint density at radius 2 is 2.11 bits per heavy atom. The van der Waals surface area contributed by atoms with Crippen molar-refractivity contribution in [3.8, 4) is 0 Å². The van der Waals surface area contributed by atoms with Gasteiger partial charge in [-0.25, -0.2) is 22.6 Å². The van der Waals surface area contributed by atoms with Gasteiger partial charge in [0, 0.05) is 25.0 Å². The zero-order valence-electron chi connectivity index (χ0n) is 10.9. The summed E-state index contributed by atoms with van der Waals surface area (Å²) in [7, 11) is -2.24. The molecule has 0 unspecified atom stereocenters. The lowest BCUT2D eigenvalue weighted by Gasteiger charge is -2.01. The van der Waals surface area contributed by atoms with Crippen molar-refractivity contribution >= 4 is 15.8 Å². The van der Waals surface area contributed by atoms with Crippen LogP contribution in [0.5, 0.6) is 0 Å². The van der Waals surface area contributed by atoms with E-state index in [2.05, 4.69) is 19.8 Å². The van der Waals surface area contributed by atoms with E-state index >= 15 is 0 Å². The molecule has 8 nitrogen and oxygen atoms in total. The van der Waals surface area contributed by atoms with E-state index in [1.807, 2.05) is 13.8 Å². The molecule has 0 radical (unpaired) electrons. The Balaban J connectivity index is 2.38. The first-order valence-corrected chi connectivity index (χ1v) is 7.12. The second kappa shape index (κ2) is 5.19. The molecule has 0 saturated carbocycles. The number of aromatic nitrogens is 4. The summed E-state index contributed by atoms with van der Waals surface area (Å²) < 4.78 is 32.4. The molecule has 2 rings (SSSR count). The van der Waals surface area contributed by atoms with E-state index in [-0.39, 0.29) is 24.1 Å². The molecule has 0 saturated heterocycles. The molecular weight excluding hydrogens is 270 g/mol. The predicted molar refractivity (Wildman–Crippen MR) is 67.3 cm³/mol. The third-order valence-electron chi connectivity index (χ3n) is 2.44. The summed E-state index contributed by atoms with van der Waals surface area (Å²) in [5.74, 6) is 0.268. The van der Waals surface area contributed by atoms with E-state index in [0.717, 1.165) is 11.4 Å². The van der Waals surface area contributed by atoms with E-state index in [1.54, 1.807) is 6.07 Å². The average Bonchev–Trinajstić information content (AvgIpc) is 2.74. The van der Waals surface area contributed by atoms with Crippen LogP contribution in [0.15, 0.2) is 11.2 Å². The zero-order valence-corrected chi connectivity index (χ0v) is 11.7. The van der Waals surface area contributed by atoms with Crippen molar-refractivity contribution in [2.24, 2.45) is 0 Å². The molecule has 0 aliphatic rings. The van der Waals surface area contributed by atoms with Crippen molar-refractivity contribution in [3.05, 3.63) is 17.5 Å². The summed E-state index contributed by atoms with van der Waals surface area (Å²) in [6, 6.07) is 1.80. The van der Waals surface area contributed by atoms with Gasteiger partial charge >= 0.3 is 0 Å². The van der Waals surface area contributed by atoms with Crippen LogP contribution in [-0.4, -0.2) is 48.3 Å². The highest BCUT2D eigenvalue weighted by atomic mass is 32.2. The van der Waals surface area contributed by atoms with Crippen molar-refractivity contribution in [3.63, 3.8) is 0 Å². The summed E-state index contributed by atoms with van der Waals surface area (Å²) in [6.07, 6.45) is 0. The number of ether oxygens (including phenoxy) is 1. The van der Waals surface area contributed by atoms with Crippen LogP contribution in [-0.2, 0) is 14.8 Å². The maximum absolute atomic E-state index is 11.9. The first-order valence-electron chi connectivity index (χ1n) is 5.63. The van der Waals surface area contributed by atoms with Crippen molar-refractivity contribution in [1.82, 2.24) is 24.3 Å². The molecule has 1 N–H and O–H groups in total. The van der Waals surface area contributed by atoms with Gasteiger partial charge in [0.25, 0.3) is 21.0 Å². The third-order valence-corrected chi connectivity index (χ3v) is 3.68. The smallest absolute Gasteiger partial charge is 0.284 e. The normalized spacial score (nSPS) is 12.2. The molecule has 0 aromatic carbocycles.